The molecule has 0 amide bonds. The molecule has 2 aromatic rings. The molecule has 1 aromatic heterocycles. The number of rotatable bonds is 3. The van der Waals surface area contributed by atoms with Gasteiger partial charge >= 0.3 is 0 Å². The van der Waals surface area contributed by atoms with E-state index in [0.29, 0.717) is 23.2 Å². The lowest BCUT2D eigenvalue weighted by Crippen LogP contribution is -2.16. The lowest BCUT2D eigenvalue weighted by atomic mass is 10.2. The Hall–Kier alpha value is -1.88. The van der Waals surface area contributed by atoms with E-state index >= 15 is 0 Å². The van der Waals surface area contributed by atoms with Gasteiger partial charge in [0.15, 0.2) is 6.29 Å². The van der Waals surface area contributed by atoms with E-state index in [1.54, 1.807) is 44.2 Å². The summed E-state index contributed by atoms with van der Waals surface area (Å²) >= 11 is 0. The molecule has 5 heteroatoms. The van der Waals surface area contributed by atoms with Crippen molar-refractivity contribution in [1.29, 1.82) is 0 Å². The Bertz CT molecular complexity index is 725. The molecule has 0 aliphatic carbocycles. The Morgan fingerprint density at radius 2 is 1.63 bits per heavy atom. The quantitative estimate of drug-likeness (QED) is 0.810. The van der Waals surface area contributed by atoms with E-state index in [2.05, 4.69) is 0 Å². The molecule has 0 spiro atoms. The molecule has 100 valence electrons. The van der Waals surface area contributed by atoms with Crippen LogP contribution in [0.5, 0.6) is 0 Å². The van der Waals surface area contributed by atoms with Crippen LogP contribution in [0.15, 0.2) is 35.2 Å². The minimum atomic E-state index is -3.65. The number of aromatic nitrogens is 1. The molecule has 0 saturated carbocycles. The van der Waals surface area contributed by atoms with Crippen molar-refractivity contribution in [2.24, 2.45) is 0 Å². The van der Waals surface area contributed by atoms with Crippen molar-refractivity contribution in [1.82, 2.24) is 3.97 Å². The van der Waals surface area contributed by atoms with Crippen LogP contribution in [0.4, 0.5) is 0 Å². The second kappa shape index (κ2) is 4.66. The normalized spacial score (nSPS) is 11.5. The van der Waals surface area contributed by atoms with Crippen LogP contribution in [0.3, 0.4) is 0 Å². The Morgan fingerprint density at radius 3 is 2.11 bits per heavy atom. The third-order valence-corrected chi connectivity index (χ3v) is 5.00. The number of carbonyl (C=O) groups is 1. The van der Waals surface area contributed by atoms with Crippen molar-refractivity contribution in [3.8, 4) is 0 Å². The molecule has 0 radical (unpaired) electrons. The Labute approximate surface area is 112 Å². The Kier molecular flexibility index (Phi) is 3.32. The lowest BCUT2D eigenvalue weighted by Gasteiger charge is -2.11. The number of benzene rings is 1. The second-order valence-corrected chi connectivity index (χ2v) is 6.31. The largest absolute Gasteiger partial charge is 0.298 e. The molecule has 2 rings (SSSR count). The molecule has 0 aliphatic heterocycles. The summed E-state index contributed by atoms with van der Waals surface area (Å²) in [6.07, 6.45) is 0.670. The highest BCUT2D eigenvalue weighted by Crippen LogP contribution is 2.21. The first-order valence-corrected chi connectivity index (χ1v) is 7.28. The minimum absolute atomic E-state index is 0.220. The molecule has 19 heavy (non-hydrogen) atoms. The third-order valence-electron chi connectivity index (χ3n) is 3.09. The fourth-order valence-corrected chi connectivity index (χ4v) is 3.66. The van der Waals surface area contributed by atoms with Crippen LogP contribution < -0.4 is 0 Å². The predicted molar refractivity (Wildman–Crippen MR) is 73.1 cm³/mol. The zero-order valence-electron chi connectivity index (χ0n) is 11.0. The van der Waals surface area contributed by atoms with Crippen LogP contribution in [-0.2, 0) is 10.0 Å². The number of aryl methyl sites for hydroxylation is 2. The van der Waals surface area contributed by atoms with E-state index in [-0.39, 0.29) is 4.90 Å². The maximum absolute atomic E-state index is 12.6. The van der Waals surface area contributed by atoms with Gasteiger partial charge < -0.3 is 0 Å². The predicted octanol–water partition coefficient (Wildman–Crippen LogP) is 2.46. The molecular weight excluding hydrogens is 262 g/mol. The first-order chi connectivity index (χ1) is 8.87. The molecule has 0 unspecified atom stereocenters. The second-order valence-electron chi connectivity index (χ2n) is 4.53. The smallest absolute Gasteiger partial charge is 0.268 e. The summed E-state index contributed by atoms with van der Waals surface area (Å²) in [5.41, 5.74) is 2.36. The van der Waals surface area contributed by atoms with Crippen molar-refractivity contribution in [3.05, 3.63) is 52.8 Å². The molecular formula is C14H15NO3S. The minimum Gasteiger partial charge on any atom is -0.298 e. The van der Waals surface area contributed by atoms with Crippen LogP contribution in [-0.4, -0.2) is 18.7 Å². The van der Waals surface area contributed by atoms with Gasteiger partial charge in [-0.1, -0.05) is 17.7 Å². The summed E-state index contributed by atoms with van der Waals surface area (Å²) in [5.74, 6) is 0. The van der Waals surface area contributed by atoms with Crippen LogP contribution in [0, 0.1) is 20.8 Å². The van der Waals surface area contributed by atoms with Gasteiger partial charge in [-0.15, -0.1) is 0 Å². The van der Waals surface area contributed by atoms with E-state index < -0.39 is 10.0 Å². The van der Waals surface area contributed by atoms with Gasteiger partial charge in [-0.2, -0.15) is 0 Å². The van der Waals surface area contributed by atoms with Crippen molar-refractivity contribution < 1.29 is 13.2 Å². The summed E-state index contributed by atoms with van der Waals surface area (Å²) in [7, 11) is -3.65. The van der Waals surface area contributed by atoms with E-state index in [1.807, 2.05) is 6.92 Å². The first kappa shape index (κ1) is 13.5. The SMILES string of the molecule is Cc1ccc(S(=O)(=O)n2c(C)cc(C=O)c2C)cc1. The van der Waals surface area contributed by atoms with Crippen LogP contribution in [0.25, 0.3) is 0 Å². The standard InChI is InChI=1S/C14H15NO3S/c1-10-4-6-14(7-5-10)19(17,18)15-11(2)8-13(9-16)12(15)3/h4-9H,1-3H3. The first-order valence-electron chi connectivity index (χ1n) is 5.84. The zero-order chi connectivity index (χ0) is 14.2. The highest BCUT2D eigenvalue weighted by molar-refractivity contribution is 7.90. The fraction of sp³-hybridized carbons (Fsp3) is 0.214. The molecule has 0 saturated heterocycles. The maximum Gasteiger partial charge on any atom is 0.268 e. The van der Waals surface area contributed by atoms with Crippen molar-refractivity contribution >= 4 is 16.3 Å². The van der Waals surface area contributed by atoms with Gasteiger partial charge in [0, 0.05) is 17.0 Å². The Balaban J connectivity index is 2.66. The molecule has 0 fully saturated rings. The average Bonchev–Trinajstić information content (AvgIpc) is 2.65. The van der Waals surface area contributed by atoms with Gasteiger partial charge in [-0.05, 0) is 39.0 Å². The number of hydrogen-bond donors (Lipinski definition) is 0. The summed E-state index contributed by atoms with van der Waals surface area (Å²) in [6, 6.07) is 8.23. The molecule has 0 atom stereocenters. The highest BCUT2D eigenvalue weighted by atomic mass is 32.2. The number of carbonyl (C=O) groups excluding carboxylic acids is 1. The number of aldehydes is 1. The van der Waals surface area contributed by atoms with Crippen molar-refractivity contribution in [3.63, 3.8) is 0 Å². The van der Waals surface area contributed by atoms with E-state index in [1.165, 1.54) is 3.97 Å². The monoisotopic (exact) mass is 277 g/mol. The molecule has 0 bridgehead atoms. The molecule has 0 N–H and O–H groups in total. The fourth-order valence-electron chi connectivity index (χ4n) is 2.07. The van der Waals surface area contributed by atoms with Crippen LogP contribution >= 0.6 is 0 Å². The third kappa shape index (κ3) is 2.21. The maximum atomic E-state index is 12.6. The van der Waals surface area contributed by atoms with Gasteiger partial charge in [-0.25, -0.2) is 12.4 Å². The average molecular weight is 277 g/mol. The number of hydrogen-bond acceptors (Lipinski definition) is 3. The van der Waals surface area contributed by atoms with Crippen molar-refractivity contribution in [2.75, 3.05) is 0 Å². The summed E-state index contributed by atoms with van der Waals surface area (Å²) < 4.78 is 26.3. The molecule has 0 aliphatic rings. The lowest BCUT2D eigenvalue weighted by molar-refractivity contribution is 0.112. The molecule has 1 aromatic carbocycles. The summed E-state index contributed by atoms with van der Waals surface area (Å²) in [5, 5.41) is 0. The van der Waals surface area contributed by atoms with Crippen molar-refractivity contribution in [2.45, 2.75) is 25.7 Å². The zero-order valence-corrected chi connectivity index (χ0v) is 11.9. The molecule has 4 nitrogen and oxygen atoms in total. The van der Waals surface area contributed by atoms with Gasteiger partial charge in [0.05, 0.1) is 4.90 Å². The van der Waals surface area contributed by atoms with E-state index in [0.717, 1.165) is 5.56 Å². The highest BCUT2D eigenvalue weighted by Gasteiger charge is 2.22. The van der Waals surface area contributed by atoms with Gasteiger partial charge in [0.25, 0.3) is 10.0 Å². The number of nitrogens with zero attached hydrogens (tertiary/aromatic N) is 1. The summed E-state index contributed by atoms with van der Waals surface area (Å²) in [6.45, 7) is 5.20. The Morgan fingerprint density at radius 1 is 1.05 bits per heavy atom. The van der Waals surface area contributed by atoms with Gasteiger partial charge in [0.1, 0.15) is 0 Å². The van der Waals surface area contributed by atoms with Gasteiger partial charge in [-0.3, -0.25) is 4.79 Å². The topological polar surface area (TPSA) is 56.1 Å². The molecule has 1 heterocycles. The van der Waals surface area contributed by atoms with Crippen LogP contribution in [0.2, 0.25) is 0 Å². The van der Waals surface area contributed by atoms with Crippen LogP contribution in [0.1, 0.15) is 27.3 Å². The van der Waals surface area contributed by atoms with E-state index in [9.17, 15) is 13.2 Å². The summed E-state index contributed by atoms with van der Waals surface area (Å²) in [4.78, 5) is 11.1. The van der Waals surface area contributed by atoms with E-state index in [4.69, 9.17) is 0 Å². The van der Waals surface area contributed by atoms with Gasteiger partial charge in [0.2, 0.25) is 0 Å².